The summed E-state index contributed by atoms with van der Waals surface area (Å²) in [6, 6.07) is 2.24. The van der Waals surface area contributed by atoms with Crippen LogP contribution in [0.5, 0.6) is 0 Å². The van der Waals surface area contributed by atoms with Crippen molar-refractivity contribution in [2.75, 3.05) is 19.8 Å². The lowest BCUT2D eigenvalue weighted by molar-refractivity contribution is -0.140. The molecule has 0 N–H and O–H groups in total. The lowest BCUT2D eigenvalue weighted by atomic mass is 9.95. The number of benzene rings is 1. The minimum absolute atomic E-state index is 0.0417. The fraction of sp³-hybridized carbons (Fsp3) is 0.533. The summed E-state index contributed by atoms with van der Waals surface area (Å²) in [6.07, 6.45) is 2.17. The Hall–Kier alpha value is -1.49. The van der Waals surface area contributed by atoms with Crippen molar-refractivity contribution in [3.8, 4) is 0 Å². The molecule has 3 rings (SSSR count). The van der Waals surface area contributed by atoms with Crippen LogP contribution in [0.1, 0.15) is 24.0 Å². The van der Waals surface area contributed by atoms with E-state index in [9.17, 15) is 13.6 Å². The van der Waals surface area contributed by atoms with Crippen LogP contribution in [0.15, 0.2) is 12.1 Å². The zero-order valence-corrected chi connectivity index (χ0v) is 11.2. The second kappa shape index (κ2) is 5.48. The molecule has 0 spiro atoms. The van der Waals surface area contributed by atoms with E-state index < -0.39 is 11.6 Å². The molecule has 1 aromatic rings. The Bertz CT molecular complexity index is 527. The van der Waals surface area contributed by atoms with E-state index in [1.165, 1.54) is 6.07 Å². The molecule has 5 heteroatoms. The van der Waals surface area contributed by atoms with E-state index in [1.54, 1.807) is 4.90 Å². The molecular weight excluding hydrogens is 264 g/mol. The van der Waals surface area contributed by atoms with E-state index >= 15 is 0 Å². The second-order valence-electron chi connectivity index (χ2n) is 5.45. The van der Waals surface area contributed by atoms with Crippen molar-refractivity contribution < 1.29 is 18.3 Å². The SMILES string of the molecule is O=C(C1CCCOC1)N1CCc2c(F)cc(F)cc2C1. The van der Waals surface area contributed by atoms with Crippen molar-refractivity contribution >= 4 is 5.91 Å². The molecule has 1 saturated heterocycles. The quantitative estimate of drug-likeness (QED) is 0.790. The fourth-order valence-electron chi connectivity index (χ4n) is 2.99. The Labute approximate surface area is 116 Å². The highest BCUT2D eigenvalue weighted by Crippen LogP contribution is 2.25. The smallest absolute Gasteiger partial charge is 0.228 e. The van der Waals surface area contributed by atoms with Crippen molar-refractivity contribution in [3.63, 3.8) is 0 Å². The number of halogens is 2. The van der Waals surface area contributed by atoms with Gasteiger partial charge in [0.25, 0.3) is 0 Å². The average Bonchev–Trinajstić information content (AvgIpc) is 2.46. The highest BCUT2D eigenvalue weighted by molar-refractivity contribution is 5.79. The molecule has 1 fully saturated rings. The van der Waals surface area contributed by atoms with Crippen LogP contribution in [0, 0.1) is 17.6 Å². The van der Waals surface area contributed by atoms with Gasteiger partial charge in [-0.1, -0.05) is 0 Å². The molecule has 1 unspecified atom stereocenters. The van der Waals surface area contributed by atoms with E-state index in [4.69, 9.17) is 4.74 Å². The maximum Gasteiger partial charge on any atom is 0.228 e. The Balaban J connectivity index is 1.76. The third-order valence-corrected chi connectivity index (χ3v) is 4.07. The molecule has 0 aliphatic carbocycles. The predicted octanol–water partition coefficient (Wildman–Crippen LogP) is 2.28. The molecule has 0 bridgehead atoms. The zero-order chi connectivity index (χ0) is 14.1. The fourth-order valence-corrected chi connectivity index (χ4v) is 2.99. The van der Waals surface area contributed by atoms with Crippen LogP contribution in [0.4, 0.5) is 8.78 Å². The van der Waals surface area contributed by atoms with Gasteiger partial charge in [-0.2, -0.15) is 0 Å². The first kappa shape index (κ1) is 13.5. The summed E-state index contributed by atoms with van der Waals surface area (Å²) >= 11 is 0. The van der Waals surface area contributed by atoms with Crippen molar-refractivity contribution in [1.82, 2.24) is 4.90 Å². The number of nitrogens with zero attached hydrogens (tertiary/aromatic N) is 1. The van der Waals surface area contributed by atoms with Crippen LogP contribution in [0.25, 0.3) is 0 Å². The summed E-state index contributed by atoms with van der Waals surface area (Å²) in [5.74, 6) is -1.16. The molecule has 0 radical (unpaired) electrons. The highest BCUT2D eigenvalue weighted by Gasteiger charge is 2.29. The minimum atomic E-state index is -0.587. The van der Waals surface area contributed by atoms with Crippen LogP contribution < -0.4 is 0 Å². The number of hydrogen-bond acceptors (Lipinski definition) is 2. The minimum Gasteiger partial charge on any atom is -0.381 e. The maximum absolute atomic E-state index is 13.7. The number of fused-ring (bicyclic) bond motifs is 1. The molecular formula is C15H17F2NO2. The molecule has 108 valence electrons. The van der Waals surface area contributed by atoms with Gasteiger partial charge in [-0.25, -0.2) is 8.78 Å². The van der Waals surface area contributed by atoms with Gasteiger partial charge in [0.15, 0.2) is 0 Å². The molecule has 2 heterocycles. The molecule has 2 aliphatic rings. The van der Waals surface area contributed by atoms with Crippen molar-refractivity contribution in [3.05, 3.63) is 34.9 Å². The van der Waals surface area contributed by atoms with Crippen LogP contribution in [0.3, 0.4) is 0 Å². The van der Waals surface area contributed by atoms with Crippen LogP contribution >= 0.6 is 0 Å². The number of carbonyl (C=O) groups is 1. The Morgan fingerprint density at radius 1 is 1.35 bits per heavy atom. The highest BCUT2D eigenvalue weighted by atomic mass is 19.1. The van der Waals surface area contributed by atoms with E-state index in [-0.39, 0.29) is 11.8 Å². The first-order chi connectivity index (χ1) is 9.65. The van der Waals surface area contributed by atoms with Gasteiger partial charge in [-0.15, -0.1) is 0 Å². The van der Waals surface area contributed by atoms with E-state index in [1.807, 2.05) is 0 Å². The topological polar surface area (TPSA) is 29.5 Å². The third-order valence-electron chi connectivity index (χ3n) is 4.07. The number of amides is 1. The average molecular weight is 281 g/mol. The second-order valence-corrected chi connectivity index (χ2v) is 5.45. The lowest BCUT2D eigenvalue weighted by Gasteiger charge is -2.33. The number of ether oxygens (including phenoxy) is 1. The van der Waals surface area contributed by atoms with E-state index in [2.05, 4.69) is 0 Å². The molecule has 1 amide bonds. The summed E-state index contributed by atoms with van der Waals surface area (Å²) in [5, 5.41) is 0. The van der Waals surface area contributed by atoms with Gasteiger partial charge in [0.1, 0.15) is 11.6 Å². The summed E-state index contributed by atoms with van der Waals surface area (Å²) < 4.78 is 32.3. The van der Waals surface area contributed by atoms with Gasteiger partial charge >= 0.3 is 0 Å². The Morgan fingerprint density at radius 3 is 2.95 bits per heavy atom. The van der Waals surface area contributed by atoms with Gasteiger partial charge in [0.05, 0.1) is 12.5 Å². The van der Waals surface area contributed by atoms with Crippen molar-refractivity contribution in [2.24, 2.45) is 5.92 Å². The van der Waals surface area contributed by atoms with Crippen molar-refractivity contribution in [1.29, 1.82) is 0 Å². The third kappa shape index (κ3) is 2.54. The van der Waals surface area contributed by atoms with E-state index in [0.29, 0.717) is 43.9 Å². The molecule has 0 saturated carbocycles. The zero-order valence-electron chi connectivity index (χ0n) is 11.2. The predicted molar refractivity (Wildman–Crippen MR) is 69.0 cm³/mol. The molecule has 1 aromatic carbocycles. The number of rotatable bonds is 1. The van der Waals surface area contributed by atoms with Crippen LogP contribution in [0.2, 0.25) is 0 Å². The monoisotopic (exact) mass is 281 g/mol. The maximum atomic E-state index is 13.7. The standard InChI is InChI=1S/C15H17F2NO2/c16-12-6-11-8-18(4-3-13(11)14(17)7-12)15(19)10-2-1-5-20-9-10/h6-7,10H,1-5,8-9H2. The Morgan fingerprint density at radius 2 is 2.20 bits per heavy atom. The lowest BCUT2D eigenvalue weighted by Crippen LogP contribution is -2.42. The molecule has 3 nitrogen and oxygen atoms in total. The normalized spacial score (nSPS) is 22.5. The summed E-state index contributed by atoms with van der Waals surface area (Å²) in [6.45, 7) is 1.95. The van der Waals surface area contributed by atoms with Crippen molar-refractivity contribution in [2.45, 2.75) is 25.8 Å². The number of carbonyl (C=O) groups excluding carboxylic acids is 1. The van der Waals surface area contributed by atoms with E-state index in [0.717, 1.165) is 18.9 Å². The molecule has 0 aromatic heterocycles. The van der Waals surface area contributed by atoms with Gasteiger partial charge in [0.2, 0.25) is 5.91 Å². The number of hydrogen-bond donors (Lipinski definition) is 0. The van der Waals surface area contributed by atoms with Crippen LogP contribution in [-0.4, -0.2) is 30.6 Å². The molecule has 20 heavy (non-hydrogen) atoms. The van der Waals surface area contributed by atoms with Gasteiger partial charge < -0.3 is 9.64 Å². The Kier molecular flexibility index (Phi) is 3.70. The molecule has 1 atom stereocenters. The summed E-state index contributed by atoms with van der Waals surface area (Å²) in [7, 11) is 0. The summed E-state index contributed by atoms with van der Waals surface area (Å²) in [4.78, 5) is 14.1. The summed E-state index contributed by atoms with van der Waals surface area (Å²) in [5.41, 5.74) is 1.12. The first-order valence-electron chi connectivity index (χ1n) is 6.98. The largest absolute Gasteiger partial charge is 0.381 e. The van der Waals surface area contributed by atoms with Crippen LogP contribution in [-0.2, 0) is 22.5 Å². The van der Waals surface area contributed by atoms with Gasteiger partial charge in [0, 0.05) is 25.8 Å². The first-order valence-corrected chi connectivity index (χ1v) is 6.98. The van der Waals surface area contributed by atoms with Gasteiger partial charge in [-0.3, -0.25) is 4.79 Å². The van der Waals surface area contributed by atoms with Gasteiger partial charge in [-0.05, 0) is 36.5 Å². The molecule has 2 aliphatic heterocycles.